The molecule has 0 saturated carbocycles. The third-order valence-electron chi connectivity index (χ3n) is 4.63. The minimum absolute atomic E-state index is 0.0644. The van der Waals surface area contributed by atoms with Gasteiger partial charge in [-0.3, -0.25) is 14.4 Å². The lowest BCUT2D eigenvalue weighted by Gasteiger charge is -2.36. The minimum atomic E-state index is -4.79. The number of piperidine rings is 1. The number of benzene rings is 1. The number of halogens is 5. The van der Waals surface area contributed by atoms with Gasteiger partial charge in [-0.1, -0.05) is 28.3 Å². The van der Waals surface area contributed by atoms with Crippen LogP contribution in [0.15, 0.2) is 22.6 Å². The summed E-state index contributed by atoms with van der Waals surface area (Å²) in [4.78, 5) is 25.3. The van der Waals surface area contributed by atoms with Crippen LogP contribution in [0.25, 0.3) is 0 Å². The van der Waals surface area contributed by atoms with E-state index in [0.29, 0.717) is 11.4 Å². The number of aromatic nitrogens is 2. The van der Waals surface area contributed by atoms with Crippen molar-refractivity contribution in [1.82, 2.24) is 20.4 Å². The Morgan fingerprint density at radius 1 is 1.21 bits per heavy atom. The van der Waals surface area contributed by atoms with E-state index in [1.54, 1.807) is 0 Å². The first kappa shape index (κ1) is 24.9. The third kappa shape index (κ3) is 6.85. The molecule has 0 bridgehead atoms. The number of ether oxygens (including phenoxy) is 2. The summed E-state index contributed by atoms with van der Waals surface area (Å²) in [6.07, 6.45) is -5.88. The summed E-state index contributed by atoms with van der Waals surface area (Å²) >= 11 is 11.8. The van der Waals surface area contributed by atoms with Gasteiger partial charge < -0.3 is 19.6 Å². The van der Waals surface area contributed by atoms with Crippen molar-refractivity contribution >= 4 is 35.2 Å². The molecule has 1 aromatic heterocycles. The van der Waals surface area contributed by atoms with Crippen LogP contribution < -0.4 is 10.1 Å². The van der Waals surface area contributed by atoms with E-state index >= 15 is 0 Å². The average molecular weight is 513 g/mol. The molecule has 2 amide bonds. The quantitative estimate of drug-likeness (QED) is 0.534. The molecule has 15 heteroatoms. The third-order valence-corrected chi connectivity index (χ3v) is 5.37. The fraction of sp³-hybridized carbons (Fsp3) is 0.444. The molecule has 1 aliphatic rings. The van der Waals surface area contributed by atoms with Crippen LogP contribution in [0.3, 0.4) is 0 Å². The first-order valence-electron chi connectivity index (χ1n) is 9.46. The Balaban J connectivity index is 1.59. The monoisotopic (exact) mass is 512 g/mol. The van der Waals surface area contributed by atoms with Crippen molar-refractivity contribution in [1.29, 1.82) is 0 Å². The zero-order valence-corrected chi connectivity index (χ0v) is 18.2. The molecule has 2 aromatic rings. The van der Waals surface area contributed by atoms with Crippen LogP contribution in [-0.4, -0.2) is 64.4 Å². The summed E-state index contributed by atoms with van der Waals surface area (Å²) in [5, 5.41) is 20.1. The maximum atomic E-state index is 12.5. The average Bonchev–Trinajstić information content (AvgIpc) is 3.21. The maximum Gasteiger partial charge on any atom is 0.522 e. The molecule has 180 valence electrons. The van der Waals surface area contributed by atoms with Crippen molar-refractivity contribution in [2.45, 2.75) is 31.3 Å². The molecule has 1 fully saturated rings. The van der Waals surface area contributed by atoms with Crippen LogP contribution in [0.1, 0.15) is 35.1 Å². The second kappa shape index (κ2) is 10.4. The Morgan fingerprint density at radius 2 is 1.97 bits per heavy atom. The van der Waals surface area contributed by atoms with Crippen molar-refractivity contribution in [3.05, 3.63) is 39.7 Å². The molecule has 0 aliphatic carbocycles. The summed E-state index contributed by atoms with van der Waals surface area (Å²) in [5.41, 5.74) is 0.265. The lowest BCUT2D eigenvalue weighted by atomic mass is 9.98. The molecule has 0 spiro atoms. The van der Waals surface area contributed by atoms with Crippen molar-refractivity contribution in [2.75, 3.05) is 19.8 Å². The van der Waals surface area contributed by atoms with E-state index in [1.807, 2.05) is 0 Å². The normalized spacial score (nSPS) is 18.8. The van der Waals surface area contributed by atoms with E-state index in [0.717, 1.165) is 4.90 Å². The molecule has 0 unspecified atom stereocenters. The van der Waals surface area contributed by atoms with Gasteiger partial charge in [-0.25, -0.2) is 4.79 Å². The van der Waals surface area contributed by atoms with Crippen molar-refractivity contribution in [3.63, 3.8) is 0 Å². The molecule has 10 nitrogen and oxygen atoms in total. The molecule has 1 saturated heterocycles. The molecular formula is C18H17Cl2F3N4O6. The SMILES string of the molecule is O=C(N[C@@H]1CC[C@@H](c2nnc(OCCOC(F)(F)F)o2)N(C(=O)O)C1)c1ccc(Cl)c(Cl)c1. The zero-order chi connectivity index (χ0) is 24.2. The first-order valence-corrected chi connectivity index (χ1v) is 10.2. The van der Waals surface area contributed by atoms with Gasteiger partial charge in [0.25, 0.3) is 5.91 Å². The Morgan fingerprint density at radius 3 is 2.64 bits per heavy atom. The second-order valence-electron chi connectivity index (χ2n) is 6.88. The molecule has 1 aromatic carbocycles. The van der Waals surface area contributed by atoms with Gasteiger partial charge in [0.15, 0.2) is 0 Å². The van der Waals surface area contributed by atoms with Gasteiger partial charge in [0.2, 0.25) is 5.89 Å². The summed E-state index contributed by atoms with van der Waals surface area (Å²) in [6.45, 7) is -1.35. The Bertz CT molecular complexity index is 1010. The minimum Gasteiger partial charge on any atom is -0.465 e. The lowest BCUT2D eigenvalue weighted by Crippen LogP contribution is -2.50. The van der Waals surface area contributed by atoms with Gasteiger partial charge in [0.1, 0.15) is 12.6 Å². The number of hydrogen-bond acceptors (Lipinski definition) is 7. The summed E-state index contributed by atoms with van der Waals surface area (Å²) in [7, 11) is 0. The van der Waals surface area contributed by atoms with Crippen LogP contribution >= 0.6 is 23.2 Å². The maximum absolute atomic E-state index is 12.5. The first-order chi connectivity index (χ1) is 15.5. The van der Waals surface area contributed by atoms with Crippen molar-refractivity contribution < 1.29 is 41.8 Å². The van der Waals surface area contributed by atoms with Gasteiger partial charge in [0.05, 0.1) is 16.7 Å². The Hall–Kier alpha value is -2.77. The van der Waals surface area contributed by atoms with Gasteiger partial charge in [-0.2, -0.15) is 0 Å². The van der Waals surface area contributed by atoms with Gasteiger partial charge in [0, 0.05) is 18.2 Å². The lowest BCUT2D eigenvalue weighted by molar-refractivity contribution is -0.325. The smallest absolute Gasteiger partial charge is 0.465 e. The number of amides is 2. The van der Waals surface area contributed by atoms with E-state index in [2.05, 4.69) is 20.3 Å². The summed E-state index contributed by atoms with van der Waals surface area (Å²) < 4.78 is 49.6. The van der Waals surface area contributed by atoms with Gasteiger partial charge >= 0.3 is 18.5 Å². The topological polar surface area (TPSA) is 127 Å². The zero-order valence-electron chi connectivity index (χ0n) is 16.6. The van der Waals surface area contributed by atoms with E-state index in [1.165, 1.54) is 18.2 Å². The van der Waals surface area contributed by atoms with Crippen LogP contribution in [0, 0.1) is 0 Å². The van der Waals surface area contributed by atoms with Gasteiger partial charge in [-0.05, 0) is 31.0 Å². The highest BCUT2D eigenvalue weighted by Gasteiger charge is 2.37. The Kier molecular flexibility index (Phi) is 7.87. The molecule has 1 aliphatic heterocycles. The summed E-state index contributed by atoms with van der Waals surface area (Å²) in [5.74, 6) is -0.532. The van der Waals surface area contributed by atoms with Gasteiger partial charge in [-0.15, -0.1) is 18.3 Å². The summed E-state index contributed by atoms with van der Waals surface area (Å²) in [6, 6.07) is 3.04. The molecule has 0 radical (unpaired) electrons. The second-order valence-corrected chi connectivity index (χ2v) is 7.69. The number of rotatable bonds is 7. The van der Waals surface area contributed by atoms with Crippen LogP contribution in [0.2, 0.25) is 10.0 Å². The number of hydrogen-bond donors (Lipinski definition) is 2. The van der Waals surface area contributed by atoms with Crippen LogP contribution in [0.4, 0.5) is 18.0 Å². The predicted octanol–water partition coefficient (Wildman–Crippen LogP) is 3.91. The van der Waals surface area contributed by atoms with E-state index in [9.17, 15) is 27.9 Å². The number of nitrogens with zero attached hydrogens (tertiary/aromatic N) is 3. The molecular weight excluding hydrogens is 496 g/mol. The number of likely N-dealkylation sites (tertiary alicyclic amines) is 1. The standard InChI is InChI=1S/C18H17Cl2F3N4O6/c19-11-3-1-9(7-12(11)20)14(28)24-10-2-4-13(27(8-10)17(29)30)15-25-26-16(33-15)31-5-6-32-18(21,22)23/h1,3,7,10,13H,2,4-6,8H2,(H,24,28)(H,29,30)/t10-,13+/m1/s1. The fourth-order valence-electron chi connectivity index (χ4n) is 3.16. The number of nitrogens with one attached hydrogen (secondary N) is 1. The predicted molar refractivity (Wildman–Crippen MR) is 106 cm³/mol. The highest BCUT2D eigenvalue weighted by molar-refractivity contribution is 6.42. The number of alkyl halides is 3. The van der Waals surface area contributed by atoms with Crippen LogP contribution in [-0.2, 0) is 4.74 Å². The largest absolute Gasteiger partial charge is 0.522 e. The van der Waals surface area contributed by atoms with E-state index in [-0.39, 0.29) is 29.4 Å². The molecule has 33 heavy (non-hydrogen) atoms. The molecule has 3 rings (SSSR count). The van der Waals surface area contributed by atoms with E-state index in [4.69, 9.17) is 32.4 Å². The number of carbonyl (C=O) groups excluding carboxylic acids is 1. The highest BCUT2D eigenvalue weighted by atomic mass is 35.5. The van der Waals surface area contributed by atoms with Crippen LogP contribution in [0.5, 0.6) is 6.08 Å². The fourth-order valence-corrected chi connectivity index (χ4v) is 3.46. The molecule has 2 atom stereocenters. The van der Waals surface area contributed by atoms with E-state index < -0.39 is 49.7 Å². The highest BCUT2D eigenvalue weighted by Crippen LogP contribution is 2.32. The van der Waals surface area contributed by atoms with Crippen molar-refractivity contribution in [3.8, 4) is 6.08 Å². The van der Waals surface area contributed by atoms with Crippen molar-refractivity contribution in [2.24, 2.45) is 0 Å². The number of carbonyl (C=O) groups is 2. The Labute approximate surface area is 194 Å². The molecule has 2 heterocycles. The molecule has 2 N–H and O–H groups in total. The number of carboxylic acid groups (broad SMARTS) is 1.